The molecule has 0 bridgehead atoms. The Morgan fingerprint density at radius 1 is 1.00 bits per heavy atom. The second kappa shape index (κ2) is 4.86. The number of fused-ring (bicyclic) bond motifs is 1. The first kappa shape index (κ1) is 11.9. The largest absolute Gasteiger partial charge is 0.497 e. The normalized spacial score (nSPS) is 10.6. The minimum absolute atomic E-state index is 0.257. The molecule has 0 aliphatic heterocycles. The van der Waals surface area contributed by atoms with Crippen LogP contribution in [0.1, 0.15) is 0 Å². The molecule has 0 N–H and O–H groups in total. The Bertz CT molecular complexity index is 743. The van der Waals surface area contributed by atoms with Gasteiger partial charge in [0.1, 0.15) is 5.75 Å². The molecule has 3 aromatic rings. The molecule has 3 nitrogen and oxygen atoms in total. The van der Waals surface area contributed by atoms with E-state index in [9.17, 15) is 0 Å². The van der Waals surface area contributed by atoms with Gasteiger partial charge in [-0.05, 0) is 46.6 Å². The van der Waals surface area contributed by atoms with Crippen LogP contribution in [0.25, 0.3) is 22.0 Å². The van der Waals surface area contributed by atoms with Crippen molar-refractivity contribution in [2.75, 3.05) is 7.11 Å². The quantitative estimate of drug-likeness (QED) is 0.661. The van der Waals surface area contributed by atoms with Crippen LogP contribution >= 0.6 is 11.6 Å². The summed E-state index contributed by atoms with van der Waals surface area (Å²) in [5, 5.41) is 2.52. The molecule has 0 spiro atoms. The van der Waals surface area contributed by atoms with E-state index in [-0.39, 0.29) is 5.28 Å². The van der Waals surface area contributed by atoms with E-state index >= 15 is 0 Å². The molecule has 1 heterocycles. The van der Waals surface area contributed by atoms with Gasteiger partial charge in [0.15, 0.2) is 0 Å². The lowest BCUT2D eigenvalue weighted by Gasteiger charge is -2.05. The highest BCUT2D eigenvalue weighted by Gasteiger charge is 2.03. The fourth-order valence-electron chi connectivity index (χ4n) is 2.01. The highest BCUT2D eigenvalue weighted by atomic mass is 35.5. The van der Waals surface area contributed by atoms with Crippen LogP contribution in [0.2, 0.25) is 5.28 Å². The first-order valence-corrected chi connectivity index (χ1v) is 6.21. The number of hydrogen-bond acceptors (Lipinski definition) is 3. The highest BCUT2D eigenvalue weighted by Crippen LogP contribution is 2.26. The fraction of sp³-hybridized carbons (Fsp3) is 0.0667. The molecule has 94 valence electrons. The summed E-state index contributed by atoms with van der Waals surface area (Å²) in [6.45, 7) is 0. The molecule has 0 fully saturated rings. The first-order chi connectivity index (χ1) is 9.26. The summed E-state index contributed by atoms with van der Waals surface area (Å²) in [6, 6.07) is 14.0. The molecule has 0 amide bonds. The van der Waals surface area contributed by atoms with Crippen molar-refractivity contribution in [3.8, 4) is 17.0 Å². The van der Waals surface area contributed by atoms with Crippen molar-refractivity contribution in [2.45, 2.75) is 0 Å². The Balaban J connectivity index is 2.11. The van der Waals surface area contributed by atoms with Crippen molar-refractivity contribution < 1.29 is 4.74 Å². The van der Waals surface area contributed by atoms with Gasteiger partial charge in [-0.2, -0.15) is 0 Å². The topological polar surface area (TPSA) is 35.0 Å². The molecule has 1 aromatic heterocycles. The molecule has 0 radical (unpaired) electrons. The van der Waals surface area contributed by atoms with Crippen LogP contribution < -0.4 is 4.74 Å². The third-order valence-corrected chi connectivity index (χ3v) is 3.15. The summed E-state index contributed by atoms with van der Waals surface area (Å²) in [5.74, 6) is 0.852. The van der Waals surface area contributed by atoms with Crippen molar-refractivity contribution >= 4 is 22.4 Å². The van der Waals surface area contributed by atoms with E-state index in [1.165, 1.54) is 0 Å². The number of benzene rings is 2. The molecule has 4 heteroatoms. The number of methoxy groups -OCH3 is 1. The number of aromatic nitrogens is 2. The molecule has 0 aliphatic carbocycles. The van der Waals surface area contributed by atoms with Gasteiger partial charge in [0.05, 0.1) is 12.8 Å². The summed E-state index contributed by atoms with van der Waals surface area (Å²) in [5.41, 5.74) is 1.83. The molecule has 19 heavy (non-hydrogen) atoms. The van der Waals surface area contributed by atoms with Crippen LogP contribution in [0, 0.1) is 0 Å². The predicted octanol–water partition coefficient (Wildman–Crippen LogP) is 3.96. The fourth-order valence-corrected chi connectivity index (χ4v) is 2.15. The number of hydrogen-bond donors (Lipinski definition) is 0. The molecule has 3 rings (SSSR count). The van der Waals surface area contributed by atoms with Gasteiger partial charge in [-0.15, -0.1) is 0 Å². The summed E-state index contributed by atoms with van der Waals surface area (Å²) >= 11 is 5.81. The molecule has 0 saturated heterocycles. The van der Waals surface area contributed by atoms with Crippen molar-refractivity contribution in [3.63, 3.8) is 0 Å². The second-order valence-corrected chi connectivity index (χ2v) is 4.48. The van der Waals surface area contributed by atoms with Gasteiger partial charge in [0, 0.05) is 11.8 Å². The molecular formula is C15H11ClN2O. The number of ether oxygens (including phenoxy) is 1. The Morgan fingerprint density at radius 3 is 2.58 bits per heavy atom. The molecule has 0 unspecified atom stereocenters. The SMILES string of the molecule is COc1ccc2cc(-c3ccnc(Cl)n3)ccc2c1. The number of rotatable bonds is 2. The van der Waals surface area contributed by atoms with Gasteiger partial charge in [-0.25, -0.2) is 9.97 Å². The van der Waals surface area contributed by atoms with Crippen LogP contribution in [0.4, 0.5) is 0 Å². The van der Waals surface area contributed by atoms with E-state index in [4.69, 9.17) is 16.3 Å². The maximum absolute atomic E-state index is 5.81. The van der Waals surface area contributed by atoms with Crippen molar-refractivity contribution in [3.05, 3.63) is 53.9 Å². The van der Waals surface area contributed by atoms with Crippen LogP contribution in [-0.4, -0.2) is 17.1 Å². The van der Waals surface area contributed by atoms with Crippen molar-refractivity contribution in [2.24, 2.45) is 0 Å². The van der Waals surface area contributed by atoms with Gasteiger partial charge in [0.25, 0.3) is 0 Å². The van der Waals surface area contributed by atoms with Gasteiger partial charge < -0.3 is 4.74 Å². The first-order valence-electron chi connectivity index (χ1n) is 5.83. The van der Waals surface area contributed by atoms with E-state index in [0.29, 0.717) is 0 Å². The maximum Gasteiger partial charge on any atom is 0.222 e. The molecule has 0 saturated carbocycles. The third-order valence-electron chi connectivity index (χ3n) is 2.97. The van der Waals surface area contributed by atoms with Crippen LogP contribution in [0.3, 0.4) is 0 Å². The summed E-state index contributed by atoms with van der Waals surface area (Å²) < 4.78 is 5.21. The summed E-state index contributed by atoms with van der Waals surface area (Å²) in [4.78, 5) is 8.10. The second-order valence-electron chi connectivity index (χ2n) is 4.14. The Hall–Kier alpha value is -2.13. The van der Waals surface area contributed by atoms with E-state index < -0.39 is 0 Å². The average Bonchev–Trinajstić information content (AvgIpc) is 2.46. The zero-order valence-electron chi connectivity index (χ0n) is 10.3. The van der Waals surface area contributed by atoms with Crippen molar-refractivity contribution in [1.29, 1.82) is 0 Å². The van der Waals surface area contributed by atoms with E-state index in [1.807, 2.05) is 36.4 Å². The zero-order chi connectivity index (χ0) is 13.2. The lowest BCUT2D eigenvalue weighted by Crippen LogP contribution is -1.87. The van der Waals surface area contributed by atoms with Gasteiger partial charge >= 0.3 is 0 Å². The minimum atomic E-state index is 0.257. The Kier molecular flexibility index (Phi) is 3.05. The van der Waals surface area contributed by atoms with Crippen LogP contribution in [0.5, 0.6) is 5.75 Å². The van der Waals surface area contributed by atoms with Crippen LogP contribution in [0.15, 0.2) is 48.7 Å². The average molecular weight is 271 g/mol. The summed E-state index contributed by atoms with van der Waals surface area (Å²) in [6.07, 6.45) is 1.66. The minimum Gasteiger partial charge on any atom is -0.497 e. The van der Waals surface area contributed by atoms with Gasteiger partial charge in [0.2, 0.25) is 5.28 Å². The number of nitrogens with zero attached hydrogens (tertiary/aromatic N) is 2. The molecule has 0 atom stereocenters. The lowest BCUT2D eigenvalue weighted by molar-refractivity contribution is 0.415. The number of halogens is 1. The monoisotopic (exact) mass is 270 g/mol. The lowest BCUT2D eigenvalue weighted by atomic mass is 10.0. The van der Waals surface area contributed by atoms with E-state index in [0.717, 1.165) is 27.8 Å². The van der Waals surface area contributed by atoms with Gasteiger partial charge in [-0.3, -0.25) is 0 Å². The summed E-state index contributed by atoms with van der Waals surface area (Å²) in [7, 11) is 1.67. The highest BCUT2D eigenvalue weighted by molar-refractivity contribution is 6.28. The zero-order valence-corrected chi connectivity index (χ0v) is 11.1. The van der Waals surface area contributed by atoms with E-state index in [1.54, 1.807) is 13.3 Å². The Labute approximate surface area is 115 Å². The third kappa shape index (κ3) is 2.37. The molecule has 0 aliphatic rings. The van der Waals surface area contributed by atoms with Crippen LogP contribution in [-0.2, 0) is 0 Å². The van der Waals surface area contributed by atoms with E-state index in [2.05, 4.69) is 16.0 Å². The molecular weight excluding hydrogens is 260 g/mol. The van der Waals surface area contributed by atoms with Gasteiger partial charge in [-0.1, -0.05) is 18.2 Å². The molecule has 2 aromatic carbocycles. The smallest absolute Gasteiger partial charge is 0.222 e. The maximum atomic E-state index is 5.81. The Morgan fingerprint density at radius 2 is 1.79 bits per heavy atom. The van der Waals surface area contributed by atoms with Crippen molar-refractivity contribution in [1.82, 2.24) is 9.97 Å². The predicted molar refractivity (Wildman–Crippen MR) is 76.5 cm³/mol. The standard InChI is InChI=1S/C15H11ClN2O/c1-19-13-5-4-10-8-12(3-2-11(10)9-13)14-6-7-17-15(16)18-14/h2-9H,1H3.